The molecule has 2 N–H and O–H groups in total. The summed E-state index contributed by atoms with van der Waals surface area (Å²) < 4.78 is 13.5. The van der Waals surface area contributed by atoms with Crippen LogP contribution in [0.4, 0.5) is 22.0 Å². The molecule has 6 nitrogen and oxygen atoms in total. The third kappa shape index (κ3) is 5.74. The fraction of sp³-hybridized carbons (Fsp3) is 0.607. The van der Waals surface area contributed by atoms with Gasteiger partial charge in [0.05, 0.1) is 0 Å². The van der Waals surface area contributed by atoms with Crippen molar-refractivity contribution in [3.05, 3.63) is 41.7 Å². The average molecular weight is 511 g/mol. The summed E-state index contributed by atoms with van der Waals surface area (Å²) in [5, 5.41) is 7.29. The van der Waals surface area contributed by atoms with Gasteiger partial charge in [0.1, 0.15) is 17.5 Å². The summed E-state index contributed by atoms with van der Waals surface area (Å²) in [6.07, 6.45) is 11.9. The van der Waals surface area contributed by atoms with Crippen molar-refractivity contribution < 1.29 is 4.39 Å². The molecule has 194 valence electrons. The second kappa shape index (κ2) is 11.3. The fourth-order valence-corrected chi connectivity index (χ4v) is 6.33. The van der Waals surface area contributed by atoms with E-state index in [9.17, 15) is 4.39 Å². The normalized spacial score (nSPS) is 21.9. The summed E-state index contributed by atoms with van der Waals surface area (Å²) in [4.78, 5) is 14.6. The van der Waals surface area contributed by atoms with Crippen LogP contribution in [0.5, 0.6) is 0 Å². The molecule has 0 spiro atoms. The Balaban J connectivity index is 1.32. The van der Waals surface area contributed by atoms with Gasteiger partial charge in [-0.25, -0.2) is 4.39 Å². The zero-order valence-corrected chi connectivity index (χ0v) is 22.3. The van der Waals surface area contributed by atoms with Crippen molar-refractivity contribution >= 4 is 34.9 Å². The van der Waals surface area contributed by atoms with Gasteiger partial charge in [0.25, 0.3) is 0 Å². The number of benzene rings is 1. The largest absolute Gasteiger partial charge is 0.361 e. The van der Waals surface area contributed by atoms with E-state index in [1.54, 1.807) is 12.1 Å². The minimum atomic E-state index is -0.193. The predicted molar refractivity (Wildman–Crippen MR) is 150 cm³/mol. The van der Waals surface area contributed by atoms with Crippen LogP contribution in [0.2, 0.25) is 0 Å². The molecule has 1 saturated carbocycles. The second-order valence-electron chi connectivity index (χ2n) is 10.8. The van der Waals surface area contributed by atoms with Crippen LogP contribution in [0.15, 0.2) is 30.3 Å². The summed E-state index contributed by atoms with van der Waals surface area (Å²) in [5.74, 6) is 2.34. The zero-order chi connectivity index (χ0) is 25.0. The molecule has 8 heteroatoms. The van der Waals surface area contributed by atoms with E-state index in [1.807, 2.05) is 12.1 Å². The molecule has 2 aromatic rings. The van der Waals surface area contributed by atoms with E-state index in [0.717, 1.165) is 44.1 Å². The van der Waals surface area contributed by atoms with Crippen molar-refractivity contribution in [2.75, 3.05) is 41.3 Å². The number of nitrogens with one attached hydrogen (secondary N) is 2. The maximum absolute atomic E-state index is 13.5. The quantitative estimate of drug-likeness (QED) is 0.478. The lowest BCUT2D eigenvalue weighted by molar-refractivity contribution is 0.434. The Morgan fingerprint density at radius 3 is 2.39 bits per heavy atom. The van der Waals surface area contributed by atoms with Gasteiger partial charge in [0.15, 0.2) is 5.11 Å². The molecule has 3 fully saturated rings. The van der Waals surface area contributed by atoms with Crippen LogP contribution in [-0.2, 0) is 5.41 Å². The smallest absolute Gasteiger partial charge is 0.232 e. The number of rotatable bonds is 6. The molecule has 3 aliphatic rings. The Labute approximate surface area is 220 Å². The molecule has 0 bridgehead atoms. The van der Waals surface area contributed by atoms with Gasteiger partial charge in [-0.1, -0.05) is 25.0 Å². The number of piperidine rings is 2. The van der Waals surface area contributed by atoms with Crippen LogP contribution in [0.3, 0.4) is 0 Å². The lowest BCUT2D eigenvalue weighted by Crippen LogP contribution is -2.41. The van der Waals surface area contributed by atoms with Crippen molar-refractivity contribution in [1.82, 2.24) is 15.3 Å². The lowest BCUT2D eigenvalue weighted by Gasteiger charge is -2.35. The Morgan fingerprint density at radius 2 is 1.67 bits per heavy atom. The minimum absolute atomic E-state index is 0.0235. The highest BCUT2D eigenvalue weighted by Crippen LogP contribution is 2.40. The van der Waals surface area contributed by atoms with E-state index in [-0.39, 0.29) is 11.2 Å². The lowest BCUT2D eigenvalue weighted by atomic mass is 9.79. The molecule has 2 saturated heterocycles. The minimum Gasteiger partial charge on any atom is -0.361 e. The highest BCUT2D eigenvalue weighted by molar-refractivity contribution is 7.80. The molecule has 1 aliphatic carbocycles. The van der Waals surface area contributed by atoms with Crippen LogP contribution in [0.1, 0.15) is 76.7 Å². The Hall–Kier alpha value is -2.48. The van der Waals surface area contributed by atoms with E-state index in [0.29, 0.717) is 23.6 Å². The number of aromatic nitrogens is 2. The predicted octanol–water partition coefficient (Wildman–Crippen LogP) is 5.78. The van der Waals surface area contributed by atoms with Gasteiger partial charge in [-0.2, -0.15) is 9.97 Å². The van der Waals surface area contributed by atoms with Crippen LogP contribution in [-0.4, -0.2) is 47.3 Å². The molecule has 1 atom stereocenters. The summed E-state index contributed by atoms with van der Waals surface area (Å²) in [5.41, 5.74) is 1.16. The number of nitrogens with zero attached hydrogens (tertiary/aromatic N) is 4. The number of halogens is 1. The van der Waals surface area contributed by atoms with E-state index >= 15 is 0 Å². The van der Waals surface area contributed by atoms with Gasteiger partial charge in [-0.15, -0.1) is 0 Å². The monoisotopic (exact) mass is 510 g/mol. The SMILES string of the molecule is CC1CCCCN1c1cc(N2CCCCC2)nc(NC(=S)NCC2(c3ccc(F)cc3)CCCC2)n1. The van der Waals surface area contributed by atoms with Crippen LogP contribution < -0.4 is 20.4 Å². The topological polar surface area (TPSA) is 56.3 Å². The first-order valence-electron chi connectivity index (χ1n) is 13.7. The molecular weight excluding hydrogens is 471 g/mol. The van der Waals surface area contributed by atoms with Crippen LogP contribution in [0, 0.1) is 5.82 Å². The van der Waals surface area contributed by atoms with Gasteiger partial charge in [0, 0.05) is 43.7 Å². The number of hydrogen-bond acceptors (Lipinski definition) is 5. The maximum Gasteiger partial charge on any atom is 0.232 e. The highest BCUT2D eigenvalue weighted by Gasteiger charge is 2.35. The van der Waals surface area contributed by atoms with Crippen molar-refractivity contribution in [2.24, 2.45) is 0 Å². The molecule has 0 radical (unpaired) electrons. The Kier molecular flexibility index (Phi) is 7.89. The summed E-state index contributed by atoms with van der Waals surface area (Å²) >= 11 is 5.72. The first kappa shape index (κ1) is 25.2. The van der Waals surface area contributed by atoms with Gasteiger partial charge >= 0.3 is 0 Å². The summed E-state index contributed by atoms with van der Waals surface area (Å²) in [6.45, 7) is 6.10. The van der Waals surface area contributed by atoms with Gasteiger partial charge in [-0.05, 0) is 88.2 Å². The third-order valence-electron chi connectivity index (χ3n) is 8.31. The zero-order valence-electron chi connectivity index (χ0n) is 21.4. The van der Waals surface area contributed by atoms with Gasteiger partial charge in [-0.3, -0.25) is 0 Å². The maximum atomic E-state index is 13.5. The fourth-order valence-electron chi connectivity index (χ4n) is 6.17. The van der Waals surface area contributed by atoms with Crippen molar-refractivity contribution in [2.45, 2.75) is 82.6 Å². The van der Waals surface area contributed by atoms with E-state index < -0.39 is 0 Å². The van der Waals surface area contributed by atoms with Gasteiger partial charge < -0.3 is 20.4 Å². The number of thiocarbonyl (C=S) groups is 1. The molecule has 1 unspecified atom stereocenters. The van der Waals surface area contributed by atoms with E-state index in [4.69, 9.17) is 22.2 Å². The summed E-state index contributed by atoms with van der Waals surface area (Å²) in [6, 6.07) is 9.62. The van der Waals surface area contributed by atoms with E-state index in [1.165, 1.54) is 56.9 Å². The third-order valence-corrected chi connectivity index (χ3v) is 8.55. The standard InChI is InChI=1S/C28H39FN6S/c1-21-9-3-8-18-35(21)25-19-24(34-16-6-2-7-17-34)31-26(32-25)33-27(36)30-20-28(14-4-5-15-28)22-10-12-23(29)13-11-22/h10-13,19,21H,2-9,14-18,20H2,1H3,(H2,30,31,32,33,36). The first-order chi connectivity index (χ1) is 17.5. The van der Waals surface area contributed by atoms with Gasteiger partial charge in [0.2, 0.25) is 5.95 Å². The average Bonchev–Trinajstić information content (AvgIpc) is 3.39. The first-order valence-corrected chi connectivity index (χ1v) is 14.1. The molecule has 3 heterocycles. The van der Waals surface area contributed by atoms with E-state index in [2.05, 4.69) is 33.4 Å². The highest BCUT2D eigenvalue weighted by atomic mass is 32.1. The Morgan fingerprint density at radius 1 is 0.972 bits per heavy atom. The number of anilines is 3. The van der Waals surface area contributed by atoms with Crippen molar-refractivity contribution in [3.8, 4) is 0 Å². The van der Waals surface area contributed by atoms with Crippen molar-refractivity contribution in [3.63, 3.8) is 0 Å². The Bertz CT molecular complexity index is 1030. The molecule has 5 rings (SSSR count). The molecular formula is C28H39FN6S. The van der Waals surface area contributed by atoms with Crippen LogP contribution >= 0.6 is 12.2 Å². The molecule has 36 heavy (non-hydrogen) atoms. The second-order valence-corrected chi connectivity index (χ2v) is 11.2. The number of hydrogen-bond donors (Lipinski definition) is 2. The molecule has 1 aromatic heterocycles. The van der Waals surface area contributed by atoms with Crippen molar-refractivity contribution in [1.29, 1.82) is 0 Å². The molecule has 0 amide bonds. The molecule has 2 aliphatic heterocycles. The van der Waals surface area contributed by atoms with Crippen LogP contribution in [0.25, 0.3) is 0 Å². The molecule has 1 aromatic carbocycles. The summed E-state index contributed by atoms with van der Waals surface area (Å²) in [7, 11) is 0.